The number of halogens is 1. The molecule has 2 aromatic rings. The normalized spacial score (nSPS) is 10.4. The highest BCUT2D eigenvalue weighted by molar-refractivity contribution is 6.31. The number of aryl methyl sites for hydroxylation is 1. The maximum absolute atomic E-state index is 12.3. The summed E-state index contributed by atoms with van der Waals surface area (Å²) in [7, 11) is 1.89. The van der Waals surface area contributed by atoms with Crippen LogP contribution < -0.4 is 10.6 Å². The molecule has 112 valence electrons. The number of carbonyl (C=O) groups is 1. The number of amides is 1. The van der Waals surface area contributed by atoms with Crippen LogP contribution in [-0.2, 0) is 13.6 Å². The van der Waals surface area contributed by atoms with E-state index in [1.807, 2.05) is 23.9 Å². The molecule has 6 heteroatoms. The van der Waals surface area contributed by atoms with Gasteiger partial charge in [0.15, 0.2) is 0 Å². The van der Waals surface area contributed by atoms with Gasteiger partial charge >= 0.3 is 0 Å². The third-order valence-electron chi connectivity index (χ3n) is 3.12. The van der Waals surface area contributed by atoms with E-state index in [-0.39, 0.29) is 5.91 Å². The Morgan fingerprint density at radius 2 is 2.24 bits per heavy atom. The van der Waals surface area contributed by atoms with Crippen molar-refractivity contribution in [3.05, 3.63) is 47.0 Å². The van der Waals surface area contributed by atoms with Gasteiger partial charge in [0.2, 0.25) is 0 Å². The fourth-order valence-corrected chi connectivity index (χ4v) is 2.11. The van der Waals surface area contributed by atoms with Gasteiger partial charge in [-0.25, -0.2) is 4.98 Å². The molecule has 0 saturated carbocycles. The number of hydrogen-bond acceptors (Lipinski definition) is 3. The van der Waals surface area contributed by atoms with Crippen molar-refractivity contribution >= 4 is 23.2 Å². The maximum Gasteiger partial charge on any atom is 0.253 e. The second kappa shape index (κ2) is 7.13. The van der Waals surface area contributed by atoms with Crippen LogP contribution in [0.5, 0.6) is 0 Å². The van der Waals surface area contributed by atoms with Gasteiger partial charge in [-0.15, -0.1) is 0 Å². The van der Waals surface area contributed by atoms with Crippen molar-refractivity contribution in [2.45, 2.75) is 19.9 Å². The zero-order valence-electron chi connectivity index (χ0n) is 12.2. The number of nitrogens with one attached hydrogen (secondary N) is 2. The van der Waals surface area contributed by atoms with Gasteiger partial charge in [-0.3, -0.25) is 4.79 Å². The molecule has 0 saturated heterocycles. The lowest BCUT2D eigenvalue weighted by molar-refractivity contribution is 0.0950. The Bertz CT molecular complexity index is 624. The van der Waals surface area contributed by atoms with Crippen LogP contribution in [-0.4, -0.2) is 22.0 Å². The second-order valence-corrected chi connectivity index (χ2v) is 5.19. The highest BCUT2D eigenvalue weighted by Gasteiger charge is 2.12. The van der Waals surface area contributed by atoms with Gasteiger partial charge in [-0.2, -0.15) is 0 Å². The first-order chi connectivity index (χ1) is 10.1. The number of carbonyl (C=O) groups excluding carboxylic acids is 1. The Labute approximate surface area is 129 Å². The predicted octanol–water partition coefficient (Wildman–Crippen LogP) is 2.83. The van der Waals surface area contributed by atoms with Crippen molar-refractivity contribution in [3.63, 3.8) is 0 Å². The molecule has 0 atom stereocenters. The maximum atomic E-state index is 12.3. The average molecular weight is 307 g/mol. The summed E-state index contributed by atoms with van der Waals surface area (Å²) in [5, 5.41) is 6.64. The van der Waals surface area contributed by atoms with Crippen LogP contribution in [0.4, 0.5) is 5.69 Å². The minimum Gasteiger partial charge on any atom is -0.384 e. The van der Waals surface area contributed by atoms with Crippen LogP contribution in [0.15, 0.2) is 30.6 Å². The summed E-state index contributed by atoms with van der Waals surface area (Å²) >= 11 is 6.00. The molecule has 1 aromatic heterocycles. The zero-order chi connectivity index (χ0) is 15.2. The van der Waals surface area contributed by atoms with Gasteiger partial charge in [-0.1, -0.05) is 18.5 Å². The van der Waals surface area contributed by atoms with Gasteiger partial charge in [0.05, 0.1) is 12.1 Å². The van der Waals surface area contributed by atoms with Gasteiger partial charge in [-0.05, 0) is 24.6 Å². The molecule has 1 heterocycles. The van der Waals surface area contributed by atoms with E-state index in [1.165, 1.54) is 0 Å². The minimum absolute atomic E-state index is 0.167. The molecule has 0 radical (unpaired) electrons. The quantitative estimate of drug-likeness (QED) is 0.863. The molecular weight excluding hydrogens is 288 g/mol. The zero-order valence-corrected chi connectivity index (χ0v) is 12.9. The number of hydrogen-bond donors (Lipinski definition) is 2. The molecule has 1 aromatic carbocycles. The van der Waals surface area contributed by atoms with Crippen molar-refractivity contribution < 1.29 is 4.79 Å². The molecule has 0 unspecified atom stereocenters. The van der Waals surface area contributed by atoms with E-state index < -0.39 is 0 Å². The van der Waals surface area contributed by atoms with Crippen molar-refractivity contribution in [3.8, 4) is 0 Å². The summed E-state index contributed by atoms with van der Waals surface area (Å²) in [5.74, 6) is 0.632. The average Bonchev–Trinajstić information content (AvgIpc) is 2.88. The first kappa shape index (κ1) is 15.4. The second-order valence-electron chi connectivity index (χ2n) is 4.75. The molecule has 0 aliphatic heterocycles. The molecule has 0 aliphatic carbocycles. The molecule has 0 spiro atoms. The Morgan fingerprint density at radius 1 is 1.43 bits per heavy atom. The minimum atomic E-state index is -0.167. The number of rotatable bonds is 6. The van der Waals surface area contributed by atoms with E-state index in [1.54, 1.807) is 18.3 Å². The molecule has 1 amide bonds. The van der Waals surface area contributed by atoms with Gasteiger partial charge in [0, 0.05) is 36.7 Å². The fraction of sp³-hybridized carbons (Fsp3) is 0.333. The van der Waals surface area contributed by atoms with Crippen LogP contribution in [0.3, 0.4) is 0 Å². The molecule has 21 heavy (non-hydrogen) atoms. The number of anilines is 1. The van der Waals surface area contributed by atoms with Gasteiger partial charge in [0.1, 0.15) is 5.82 Å². The smallest absolute Gasteiger partial charge is 0.253 e. The SMILES string of the molecule is CCCNc1ccc(Cl)cc1C(=O)NCc1nccn1C. The summed E-state index contributed by atoms with van der Waals surface area (Å²) in [6.45, 7) is 3.26. The molecule has 0 bridgehead atoms. The third kappa shape index (κ3) is 3.98. The van der Waals surface area contributed by atoms with E-state index in [4.69, 9.17) is 11.6 Å². The molecule has 5 nitrogen and oxygen atoms in total. The predicted molar refractivity (Wildman–Crippen MR) is 84.6 cm³/mol. The van der Waals surface area contributed by atoms with Crippen molar-refractivity contribution in [2.24, 2.45) is 7.05 Å². The monoisotopic (exact) mass is 306 g/mol. The van der Waals surface area contributed by atoms with Gasteiger partial charge < -0.3 is 15.2 Å². The first-order valence-electron chi connectivity index (χ1n) is 6.89. The lowest BCUT2D eigenvalue weighted by atomic mass is 10.1. The Balaban J connectivity index is 2.10. The van der Waals surface area contributed by atoms with Crippen LogP contribution in [0.25, 0.3) is 0 Å². The molecule has 0 fully saturated rings. The lowest BCUT2D eigenvalue weighted by Gasteiger charge is -2.12. The largest absolute Gasteiger partial charge is 0.384 e. The summed E-state index contributed by atoms with van der Waals surface area (Å²) in [5.41, 5.74) is 1.34. The number of nitrogens with zero attached hydrogens (tertiary/aromatic N) is 2. The van der Waals surface area contributed by atoms with E-state index in [9.17, 15) is 4.79 Å². The van der Waals surface area contributed by atoms with E-state index >= 15 is 0 Å². The van der Waals surface area contributed by atoms with E-state index in [0.29, 0.717) is 17.1 Å². The standard InChI is InChI=1S/C15H19ClN4O/c1-3-6-17-13-5-4-11(16)9-12(13)15(21)19-10-14-18-7-8-20(14)2/h4-5,7-9,17H,3,6,10H2,1-2H3,(H,19,21). The van der Waals surface area contributed by atoms with Crippen molar-refractivity contribution in [1.82, 2.24) is 14.9 Å². The first-order valence-corrected chi connectivity index (χ1v) is 7.27. The molecular formula is C15H19ClN4O. The van der Waals surface area contributed by atoms with Crippen molar-refractivity contribution in [2.75, 3.05) is 11.9 Å². The van der Waals surface area contributed by atoms with Crippen LogP contribution in [0.2, 0.25) is 5.02 Å². The van der Waals surface area contributed by atoms with Crippen LogP contribution in [0.1, 0.15) is 29.5 Å². The lowest BCUT2D eigenvalue weighted by Crippen LogP contribution is -2.25. The van der Waals surface area contributed by atoms with Crippen LogP contribution in [0, 0.1) is 0 Å². The Kier molecular flexibility index (Phi) is 5.22. The topological polar surface area (TPSA) is 59.0 Å². The molecule has 2 rings (SSSR count). The molecule has 0 aliphatic rings. The Morgan fingerprint density at radius 3 is 2.90 bits per heavy atom. The number of aromatic nitrogens is 2. The summed E-state index contributed by atoms with van der Waals surface area (Å²) in [6.07, 6.45) is 4.53. The van der Waals surface area contributed by atoms with Crippen molar-refractivity contribution in [1.29, 1.82) is 0 Å². The fourth-order valence-electron chi connectivity index (χ4n) is 1.94. The Hall–Kier alpha value is -2.01. The third-order valence-corrected chi connectivity index (χ3v) is 3.35. The van der Waals surface area contributed by atoms with Gasteiger partial charge in [0.25, 0.3) is 5.91 Å². The highest BCUT2D eigenvalue weighted by Crippen LogP contribution is 2.20. The van der Waals surface area contributed by atoms with E-state index in [2.05, 4.69) is 22.5 Å². The molecule has 2 N–H and O–H groups in total. The number of imidazole rings is 1. The van der Waals surface area contributed by atoms with E-state index in [0.717, 1.165) is 24.5 Å². The summed E-state index contributed by atoms with van der Waals surface area (Å²) < 4.78 is 1.87. The summed E-state index contributed by atoms with van der Waals surface area (Å²) in [6, 6.07) is 5.27. The number of benzene rings is 1. The highest BCUT2D eigenvalue weighted by atomic mass is 35.5. The summed E-state index contributed by atoms with van der Waals surface area (Å²) in [4.78, 5) is 16.5. The van der Waals surface area contributed by atoms with Crippen LogP contribution >= 0.6 is 11.6 Å².